The number of rotatable bonds is 5. The van der Waals surface area contributed by atoms with Crippen LogP contribution < -0.4 is 10.6 Å². The summed E-state index contributed by atoms with van der Waals surface area (Å²) in [5.74, 6) is -0.617. The zero-order valence-corrected chi connectivity index (χ0v) is 9.64. The predicted octanol–water partition coefficient (Wildman–Crippen LogP) is -0.0866. The van der Waals surface area contributed by atoms with Crippen LogP contribution in [0.4, 0.5) is 0 Å². The van der Waals surface area contributed by atoms with Gasteiger partial charge >= 0.3 is 0 Å². The van der Waals surface area contributed by atoms with Gasteiger partial charge in [0.25, 0.3) is 5.91 Å². The molecule has 0 aromatic heterocycles. The number of nitrogens with one attached hydrogen (secondary N) is 2. The minimum Gasteiger partial charge on any atom is -0.394 e. The molecule has 0 heterocycles. The molecule has 0 aliphatic rings. The van der Waals surface area contributed by atoms with Crippen molar-refractivity contribution >= 4 is 11.8 Å². The fourth-order valence-corrected chi connectivity index (χ4v) is 1.22. The molecule has 0 saturated carbocycles. The van der Waals surface area contributed by atoms with Crippen LogP contribution in [0.5, 0.6) is 0 Å². The summed E-state index contributed by atoms with van der Waals surface area (Å²) in [6.07, 6.45) is 0. The maximum absolute atomic E-state index is 11.6. The number of aliphatic hydroxyl groups is 1. The Kier molecular flexibility index (Phi) is 5.16. The number of carbonyl (C=O) groups excluding carboxylic acids is 2. The van der Waals surface area contributed by atoms with Crippen LogP contribution in [-0.2, 0) is 4.79 Å². The monoisotopic (exact) mass is 236 g/mol. The van der Waals surface area contributed by atoms with Crippen LogP contribution in [0.25, 0.3) is 0 Å². The predicted molar refractivity (Wildman–Crippen MR) is 63.5 cm³/mol. The minimum absolute atomic E-state index is 0.0991. The molecule has 17 heavy (non-hydrogen) atoms. The van der Waals surface area contributed by atoms with E-state index in [4.69, 9.17) is 5.11 Å². The van der Waals surface area contributed by atoms with Crippen molar-refractivity contribution in [3.8, 4) is 0 Å². The van der Waals surface area contributed by atoms with Crippen molar-refractivity contribution in [1.82, 2.24) is 10.6 Å². The zero-order valence-electron chi connectivity index (χ0n) is 9.64. The highest BCUT2D eigenvalue weighted by molar-refractivity contribution is 5.96. The highest BCUT2D eigenvalue weighted by atomic mass is 16.3. The van der Waals surface area contributed by atoms with Crippen LogP contribution in [0.1, 0.15) is 17.3 Å². The number of amides is 2. The second-order valence-corrected chi connectivity index (χ2v) is 3.70. The van der Waals surface area contributed by atoms with E-state index >= 15 is 0 Å². The van der Waals surface area contributed by atoms with Gasteiger partial charge in [0.15, 0.2) is 0 Å². The Morgan fingerprint density at radius 1 is 1.29 bits per heavy atom. The first kappa shape index (κ1) is 13.2. The molecule has 5 heteroatoms. The molecule has 0 radical (unpaired) electrons. The molecule has 0 saturated heterocycles. The van der Waals surface area contributed by atoms with Crippen molar-refractivity contribution in [3.63, 3.8) is 0 Å². The summed E-state index contributed by atoms with van der Waals surface area (Å²) < 4.78 is 0. The van der Waals surface area contributed by atoms with Crippen molar-refractivity contribution in [1.29, 1.82) is 0 Å². The van der Waals surface area contributed by atoms with Crippen LogP contribution in [-0.4, -0.2) is 36.1 Å². The zero-order chi connectivity index (χ0) is 12.7. The molecule has 1 aromatic carbocycles. The SMILES string of the molecule is C[C@@H](CO)NC(=O)CNC(=O)c1ccccc1. The standard InChI is InChI=1S/C12H16N2O3/c1-9(8-15)14-11(16)7-13-12(17)10-5-3-2-4-6-10/h2-6,9,15H,7-8H2,1H3,(H,13,17)(H,14,16)/t9-/m0/s1. The Balaban J connectivity index is 2.36. The fraction of sp³-hybridized carbons (Fsp3) is 0.333. The van der Waals surface area contributed by atoms with E-state index in [9.17, 15) is 9.59 Å². The first-order valence-corrected chi connectivity index (χ1v) is 5.37. The average molecular weight is 236 g/mol. The Morgan fingerprint density at radius 2 is 1.94 bits per heavy atom. The van der Waals surface area contributed by atoms with Crippen LogP contribution >= 0.6 is 0 Å². The van der Waals surface area contributed by atoms with E-state index in [-0.39, 0.29) is 31.0 Å². The van der Waals surface area contributed by atoms with Gasteiger partial charge in [-0.1, -0.05) is 18.2 Å². The quantitative estimate of drug-likeness (QED) is 0.668. The third-order valence-corrected chi connectivity index (χ3v) is 2.13. The van der Waals surface area contributed by atoms with Gasteiger partial charge in [-0.3, -0.25) is 9.59 Å². The van der Waals surface area contributed by atoms with Crippen LogP contribution in [0.2, 0.25) is 0 Å². The first-order chi connectivity index (χ1) is 8.13. The van der Waals surface area contributed by atoms with Gasteiger partial charge in [0.05, 0.1) is 13.2 Å². The van der Waals surface area contributed by atoms with Crippen LogP contribution in [0.3, 0.4) is 0 Å². The number of hydrogen-bond acceptors (Lipinski definition) is 3. The molecule has 5 nitrogen and oxygen atoms in total. The van der Waals surface area contributed by atoms with Gasteiger partial charge in [0, 0.05) is 11.6 Å². The van der Waals surface area contributed by atoms with Gasteiger partial charge in [-0.25, -0.2) is 0 Å². The van der Waals surface area contributed by atoms with E-state index in [0.29, 0.717) is 5.56 Å². The molecular formula is C12H16N2O3. The molecular weight excluding hydrogens is 220 g/mol. The first-order valence-electron chi connectivity index (χ1n) is 5.37. The molecule has 1 aromatic rings. The number of benzene rings is 1. The second kappa shape index (κ2) is 6.65. The smallest absolute Gasteiger partial charge is 0.251 e. The van der Waals surface area contributed by atoms with E-state index in [1.165, 1.54) is 0 Å². The molecule has 0 aliphatic heterocycles. The summed E-state index contributed by atoms with van der Waals surface area (Å²) in [7, 11) is 0. The molecule has 0 spiro atoms. The maximum atomic E-state index is 11.6. The molecule has 0 fully saturated rings. The Morgan fingerprint density at radius 3 is 2.53 bits per heavy atom. The maximum Gasteiger partial charge on any atom is 0.251 e. The van der Waals surface area contributed by atoms with Crippen molar-refractivity contribution in [2.24, 2.45) is 0 Å². The molecule has 3 N–H and O–H groups in total. The third kappa shape index (κ3) is 4.65. The van der Waals surface area contributed by atoms with Crippen molar-refractivity contribution in [2.45, 2.75) is 13.0 Å². The second-order valence-electron chi connectivity index (χ2n) is 3.70. The highest BCUT2D eigenvalue weighted by Gasteiger charge is 2.09. The van der Waals surface area contributed by atoms with Gasteiger partial charge in [-0.15, -0.1) is 0 Å². The largest absolute Gasteiger partial charge is 0.394 e. The molecule has 1 rings (SSSR count). The van der Waals surface area contributed by atoms with E-state index < -0.39 is 0 Å². The fourth-order valence-electron chi connectivity index (χ4n) is 1.22. The van der Waals surface area contributed by atoms with Crippen LogP contribution in [0, 0.1) is 0 Å². The van der Waals surface area contributed by atoms with Gasteiger partial charge in [-0.2, -0.15) is 0 Å². The van der Waals surface area contributed by atoms with E-state index in [0.717, 1.165) is 0 Å². The number of carbonyl (C=O) groups is 2. The van der Waals surface area contributed by atoms with Crippen molar-refractivity contribution in [3.05, 3.63) is 35.9 Å². The van der Waals surface area contributed by atoms with Gasteiger partial charge in [0.1, 0.15) is 0 Å². The minimum atomic E-state index is -0.323. The van der Waals surface area contributed by atoms with E-state index in [2.05, 4.69) is 10.6 Å². The molecule has 0 aliphatic carbocycles. The van der Waals surface area contributed by atoms with E-state index in [1.54, 1.807) is 31.2 Å². The summed E-state index contributed by atoms with van der Waals surface area (Å²) in [5.41, 5.74) is 0.510. The summed E-state index contributed by atoms with van der Waals surface area (Å²) in [6, 6.07) is 8.35. The molecule has 0 bridgehead atoms. The summed E-state index contributed by atoms with van der Waals surface area (Å²) in [6.45, 7) is 1.45. The molecule has 1 atom stereocenters. The Labute approximate surface area is 99.8 Å². The lowest BCUT2D eigenvalue weighted by Gasteiger charge is -2.11. The average Bonchev–Trinajstić information content (AvgIpc) is 2.36. The van der Waals surface area contributed by atoms with E-state index in [1.807, 2.05) is 6.07 Å². The van der Waals surface area contributed by atoms with Gasteiger partial charge in [-0.05, 0) is 19.1 Å². The normalized spacial score (nSPS) is 11.6. The number of aliphatic hydroxyl groups excluding tert-OH is 1. The topological polar surface area (TPSA) is 78.4 Å². The lowest BCUT2D eigenvalue weighted by atomic mass is 10.2. The summed E-state index contributed by atoms with van der Waals surface area (Å²) in [5, 5.41) is 13.8. The van der Waals surface area contributed by atoms with Gasteiger partial charge < -0.3 is 15.7 Å². The van der Waals surface area contributed by atoms with Crippen LogP contribution in [0.15, 0.2) is 30.3 Å². The van der Waals surface area contributed by atoms with Gasteiger partial charge in [0.2, 0.25) is 5.91 Å². The number of hydrogen-bond donors (Lipinski definition) is 3. The third-order valence-electron chi connectivity index (χ3n) is 2.13. The highest BCUT2D eigenvalue weighted by Crippen LogP contribution is 1.97. The Bertz CT molecular complexity index is 379. The molecule has 92 valence electrons. The lowest BCUT2D eigenvalue weighted by molar-refractivity contribution is -0.121. The summed E-state index contributed by atoms with van der Waals surface area (Å²) in [4.78, 5) is 22.9. The lowest BCUT2D eigenvalue weighted by Crippen LogP contribution is -2.42. The van der Waals surface area contributed by atoms with Crippen molar-refractivity contribution < 1.29 is 14.7 Å². The molecule has 2 amide bonds. The molecule has 0 unspecified atom stereocenters. The summed E-state index contributed by atoms with van der Waals surface area (Å²) >= 11 is 0. The Hall–Kier alpha value is -1.88. The van der Waals surface area contributed by atoms with Crippen molar-refractivity contribution in [2.75, 3.05) is 13.2 Å².